The molecule has 0 aliphatic carbocycles. The Balaban J connectivity index is 2.05. The highest BCUT2D eigenvalue weighted by Gasteiger charge is 2.48. The molecule has 2 nitrogen and oxygen atoms in total. The minimum Gasteiger partial charge on any atom is -0.372 e. The average molecular weight is 174 g/mol. The molecular weight excluding hydrogens is 159 g/mol. The highest BCUT2D eigenvalue weighted by molar-refractivity contribution is 4.94. The molecule has 2 fully saturated rings. The number of rotatable bonds is 1. The second-order valence-corrected chi connectivity index (χ2v) is 4.02. The zero-order chi connectivity index (χ0) is 8.72. The van der Waals surface area contributed by atoms with Crippen molar-refractivity contribution in [1.82, 2.24) is 0 Å². The van der Waals surface area contributed by atoms with Crippen LogP contribution in [0.15, 0.2) is 0 Å². The predicted molar refractivity (Wildman–Crippen MR) is 42.7 cm³/mol. The van der Waals surface area contributed by atoms with Gasteiger partial charge in [-0.3, -0.25) is 0 Å². The summed E-state index contributed by atoms with van der Waals surface area (Å²) in [6, 6.07) is 0. The van der Waals surface area contributed by atoms with E-state index in [1.165, 1.54) is 0 Å². The molecule has 0 unspecified atom stereocenters. The zero-order valence-corrected chi connectivity index (χ0v) is 7.50. The summed E-state index contributed by atoms with van der Waals surface area (Å²) in [5.41, 5.74) is 0. The van der Waals surface area contributed by atoms with E-state index in [9.17, 15) is 4.39 Å². The van der Waals surface area contributed by atoms with Crippen molar-refractivity contribution in [3.8, 4) is 0 Å². The molecule has 3 heteroatoms. The Morgan fingerprint density at radius 2 is 1.83 bits per heavy atom. The van der Waals surface area contributed by atoms with Gasteiger partial charge in [0.1, 0.15) is 6.10 Å². The molecule has 0 aromatic rings. The Kier molecular flexibility index (Phi) is 2.09. The van der Waals surface area contributed by atoms with Crippen LogP contribution < -0.4 is 0 Å². The Morgan fingerprint density at radius 3 is 2.50 bits per heavy atom. The molecule has 0 bridgehead atoms. The van der Waals surface area contributed by atoms with E-state index >= 15 is 0 Å². The van der Waals surface area contributed by atoms with E-state index in [-0.39, 0.29) is 18.8 Å². The van der Waals surface area contributed by atoms with Gasteiger partial charge in [-0.05, 0) is 5.92 Å². The van der Waals surface area contributed by atoms with Crippen molar-refractivity contribution in [2.24, 2.45) is 11.8 Å². The molecule has 2 aliphatic rings. The van der Waals surface area contributed by atoms with Crippen LogP contribution in [0.5, 0.6) is 0 Å². The largest absolute Gasteiger partial charge is 0.372 e. The van der Waals surface area contributed by atoms with Crippen LogP contribution in [0.4, 0.5) is 4.39 Å². The fourth-order valence-electron chi connectivity index (χ4n) is 2.05. The van der Waals surface area contributed by atoms with Crippen LogP contribution >= 0.6 is 0 Å². The minimum absolute atomic E-state index is 0.0139. The molecule has 2 aliphatic heterocycles. The lowest BCUT2D eigenvalue weighted by molar-refractivity contribution is 0.0534. The standard InChI is InChI=1S/C9H15FO2/c1-5(2)6-3-11-9-7(10)4-12-8(6)9/h5-9H,3-4H2,1-2H3/t6-,7-,8+,9+/m0/s1. The first-order valence-electron chi connectivity index (χ1n) is 4.57. The quantitative estimate of drug-likeness (QED) is 0.598. The molecule has 0 saturated carbocycles. The normalized spacial score (nSPS) is 47.0. The number of hydrogen-bond acceptors (Lipinski definition) is 2. The second kappa shape index (κ2) is 2.96. The second-order valence-electron chi connectivity index (χ2n) is 4.02. The van der Waals surface area contributed by atoms with E-state index in [0.717, 1.165) is 0 Å². The summed E-state index contributed by atoms with van der Waals surface area (Å²) in [5, 5.41) is 0. The molecule has 2 heterocycles. The third kappa shape index (κ3) is 1.15. The van der Waals surface area contributed by atoms with Gasteiger partial charge in [-0.25, -0.2) is 4.39 Å². The lowest BCUT2D eigenvalue weighted by atomic mass is 9.91. The summed E-state index contributed by atoms with van der Waals surface area (Å²) in [4.78, 5) is 0. The van der Waals surface area contributed by atoms with Crippen LogP contribution in [0, 0.1) is 11.8 Å². The van der Waals surface area contributed by atoms with Gasteiger partial charge in [-0.2, -0.15) is 0 Å². The van der Waals surface area contributed by atoms with Gasteiger partial charge in [0.2, 0.25) is 0 Å². The highest BCUT2D eigenvalue weighted by atomic mass is 19.1. The first-order chi connectivity index (χ1) is 5.70. The summed E-state index contributed by atoms with van der Waals surface area (Å²) in [7, 11) is 0. The van der Waals surface area contributed by atoms with Gasteiger partial charge in [0.25, 0.3) is 0 Å². The number of alkyl halides is 1. The van der Waals surface area contributed by atoms with Gasteiger partial charge in [0, 0.05) is 5.92 Å². The smallest absolute Gasteiger partial charge is 0.152 e. The maximum absolute atomic E-state index is 13.1. The third-order valence-corrected chi connectivity index (χ3v) is 2.89. The summed E-state index contributed by atoms with van der Waals surface area (Å²) in [5.74, 6) is 0.904. The zero-order valence-electron chi connectivity index (χ0n) is 7.50. The molecule has 2 saturated heterocycles. The first kappa shape index (κ1) is 8.45. The van der Waals surface area contributed by atoms with Crippen molar-refractivity contribution < 1.29 is 13.9 Å². The summed E-state index contributed by atoms with van der Waals surface area (Å²) in [6.07, 6.45) is -1.17. The maximum Gasteiger partial charge on any atom is 0.152 e. The molecule has 70 valence electrons. The van der Waals surface area contributed by atoms with E-state index in [4.69, 9.17) is 9.47 Å². The highest BCUT2D eigenvalue weighted by Crippen LogP contribution is 2.36. The van der Waals surface area contributed by atoms with Crippen molar-refractivity contribution in [3.05, 3.63) is 0 Å². The van der Waals surface area contributed by atoms with Gasteiger partial charge >= 0.3 is 0 Å². The van der Waals surface area contributed by atoms with E-state index in [1.54, 1.807) is 0 Å². The van der Waals surface area contributed by atoms with Crippen LogP contribution in [-0.2, 0) is 9.47 Å². The topological polar surface area (TPSA) is 18.5 Å². The van der Waals surface area contributed by atoms with E-state index in [2.05, 4.69) is 13.8 Å². The number of ether oxygens (including phenoxy) is 2. The molecule has 12 heavy (non-hydrogen) atoms. The van der Waals surface area contributed by atoms with Gasteiger partial charge in [-0.15, -0.1) is 0 Å². The molecular formula is C9H15FO2. The predicted octanol–water partition coefficient (Wildman–Crippen LogP) is 1.39. The van der Waals surface area contributed by atoms with Gasteiger partial charge in [-0.1, -0.05) is 13.8 Å². The fraction of sp³-hybridized carbons (Fsp3) is 1.00. The average Bonchev–Trinajstić information content (AvgIpc) is 2.53. The molecule has 4 atom stereocenters. The molecule has 0 spiro atoms. The Bertz CT molecular complexity index is 172. The van der Waals surface area contributed by atoms with Crippen LogP contribution in [0.2, 0.25) is 0 Å². The van der Waals surface area contributed by atoms with Crippen molar-refractivity contribution in [2.45, 2.75) is 32.2 Å². The number of halogens is 1. The first-order valence-corrected chi connectivity index (χ1v) is 4.57. The Labute approximate surface area is 72.0 Å². The van der Waals surface area contributed by atoms with Crippen molar-refractivity contribution in [2.75, 3.05) is 13.2 Å². The lowest BCUT2D eigenvalue weighted by Gasteiger charge is -2.18. The third-order valence-electron chi connectivity index (χ3n) is 2.89. The van der Waals surface area contributed by atoms with Crippen LogP contribution in [0.3, 0.4) is 0 Å². The van der Waals surface area contributed by atoms with Gasteiger partial charge < -0.3 is 9.47 Å². The molecule has 0 N–H and O–H groups in total. The molecule has 0 radical (unpaired) electrons. The van der Waals surface area contributed by atoms with E-state index in [0.29, 0.717) is 18.4 Å². The van der Waals surface area contributed by atoms with Crippen molar-refractivity contribution >= 4 is 0 Å². The van der Waals surface area contributed by atoms with Crippen LogP contribution in [0.25, 0.3) is 0 Å². The molecule has 0 aromatic heterocycles. The number of fused-ring (bicyclic) bond motifs is 1. The Morgan fingerprint density at radius 1 is 1.17 bits per heavy atom. The fourth-order valence-corrected chi connectivity index (χ4v) is 2.05. The molecule has 0 aromatic carbocycles. The number of hydrogen-bond donors (Lipinski definition) is 0. The summed E-state index contributed by atoms with van der Waals surface area (Å²) < 4.78 is 23.8. The van der Waals surface area contributed by atoms with Crippen molar-refractivity contribution in [3.63, 3.8) is 0 Å². The van der Waals surface area contributed by atoms with Crippen LogP contribution in [0.1, 0.15) is 13.8 Å². The summed E-state index contributed by atoms with van der Waals surface area (Å²) in [6.45, 7) is 5.14. The SMILES string of the molecule is CC(C)[C@@H]1CO[C@H]2[C@@H]1OC[C@@H]2F. The summed E-state index contributed by atoms with van der Waals surface area (Å²) >= 11 is 0. The van der Waals surface area contributed by atoms with Gasteiger partial charge in [0.15, 0.2) is 6.17 Å². The Hall–Kier alpha value is -0.150. The molecule has 2 rings (SSSR count). The minimum atomic E-state index is -0.904. The van der Waals surface area contributed by atoms with Gasteiger partial charge in [0.05, 0.1) is 19.3 Å². The monoisotopic (exact) mass is 174 g/mol. The van der Waals surface area contributed by atoms with E-state index in [1.807, 2.05) is 0 Å². The van der Waals surface area contributed by atoms with Crippen LogP contribution in [-0.4, -0.2) is 31.6 Å². The van der Waals surface area contributed by atoms with Crippen molar-refractivity contribution in [1.29, 1.82) is 0 Å². The maximum atomic E-state index is 13.1. The molecule has 0 amide bonds. The lowest BCUT2D eigenvalue weighted by Crippen LogP contribution is -2.28. The van der Waals surface area contributed by atoms with E-state index < -0.39 is 6.17 Å².